The lowest BCUT2D eigenvalue weighted by molar-refractivity contribution is -0.133. The molecule has 2 N–H and O–H groups in total. The third-order valence-electron chi connectivity index (χ3n) is 2.63. The van der Waals surface area contributed by atoms with E-state index in [1.165, 1.54) is 37.1 Å². The van der Waals surface area contributed by atoms with E-state index in [1.54, 1.807) is 6.07 Å². The molecule has 0 heterocycles. The number of nitrogens with zero attached hydrogens (tertiary/aromatic N) is 1. The van der Waals surface area contributed by atoms with Crippen LogP contribution in [-0.2, 0) is 14.4 Å². The minimum absolute atomic E-state index is 0.114. The number of carbonyl (C=O) groups excluding carboxylic acids is 3. The molecule has 21 heavy (non-hydrogen) atoms. The summed E-state index contributed by atoms with van der Waals surface area (Å²) in [6.45, 7) is 1.44. The molecule has 7 heteroatoms. The molecule has 0 aliphatic rings. The van der Waals surface area contributed by atoms with E-state index in [0.717, 1.165) is 0 Å². The van der Waals surface area contributed by atoms with Gasteiger partial charge in [0.1, 0.15) is 5.82 Å². The maximum Gasteiger partial charge on any atom is 0.243 e. The van der Waals surface area contributed by atoms with Crippen LogP contribution in [0.5, 0.6) is 0 Å². The van der Waals surface area contributed by atoms with Crippen LogP contribution in [-0.4, -0.2) is 42.8 Å². The molecule has 0 spiro atoms. The summed E-state index contributed by atoms with van der Waals surface area (Å²) in [6.07, 6.45) is 0.114. The molecule has 6 nitrogen and oxygen atoms in total. The van der Waals surface area contributed by atoms with E-state index in [9.17, 15) is 18.8 Å². The van der Waals surface area contributed by atoms with Crippen LogP contribution in [0.1, 0.15) is 13.3 Å². The Kier molecular flexibility index (Phi) is 6.32. The van der Waals surface area contributed by atoms with Crippen molar-refractivity contribution in [3.63, 3.8) is 0 Å². The van der Waals surface area contributed by atoms with Crippen LogP contribution in [0.15, 0.2) is 24.3 Å². The molecule has 1 rings (SSSR count). The van der Waals surface area contributed by atoms with E-state index in [4.69, 9.17) is 0 Å². The van der Waals surface area contributed by atoms with Crippen molar-refractivity contribution in [3.05, 3.63) is 30.1 Å². The van der Waals surface area contributed by atoms with E-state index in [0.29, 0.717) is 5.69 Å². The third kappa shape index (κ3) is 6.51. The number of anilines is 1. The SMILES string of the molecule is CC(=O)NCCC(=O)N(C)CC(=O)Nc1cccc(F)c1. The van der Waals surface area contributed by atoms with Gasteiger partial charge in [-0.3, -0.25) is 14.4 Å². The van der Waals surface area contributed by atoms with Crippen LogP contribution in [0.25, 0.3) is 0 Å². The van der Waals surface area contributed by atoms with Crippen LogP contribution in [0.4, 0.5) is 10.1 Å². The van der Waals surface area contributed by atoms with E-state index in [-0.39, 0.29) is 31.3 Å². The Labute approximate surface area is 122 Å². The minimum atomic E-state index is -0.451. The van der Waals surface area contributed by atoms with Gasteiger partial charge in [-0.25, -0.2) is 4.39 Å². The van der Waals surface area contributed by atoms with Gasteiger partial charge in [-0.1, -0.05) is 6.07 Å². The fourth-order valence-corrected chi connectivity index (χ4v) is 1.61. The molecule has 0 aromatic heterocycles. The fraction of sp³-hybridized carbons (Fsp3) is 0.357. The molecule has 3 amide bonds. The second-order valence-electron chi connectivity index (χ2n) is 4.54. The molecule has 1 aromatic carbocycles. The lowest BCUT2D eigenvalue weighted by atomic mass is 10.3. The smallest absolute Gasteiger partial charge is 0.243 e. The van der Waals surface area contributed by atoms with Crippen molar-refractivity contribution in [3.8, 4) is 0 Å². The number of hydrogen-bond donors (Lipinski definition) is 2. The highest BCUT2D eigenvalue weighted by molar-refractivity contribution is 5.94. The molecule has 0 radical (unpaired) electrons. The first-order valence-electron chi connectivity index (χ1n) is 6.42. The molecule has 114 valence electrons. The molecule has 0 atom stereocenters. The van der Waals surface area contributed by atoms with Gasteiger partial charge < -0.3 is 15.5 Å². The fourth-order valence-electron chi connectivity index (χ4n) is 1.61. The van der Waals surface area contributed by atoms with Gasteiger partial charge in [0, 0.05) is 32.6 Å². The van der Waals surface area contributed by atoms with Gasteiger partial charge in [0.2, 0.25) is 17.7 Å². The predicted octanol–water partition coefficient (Wildman–Crippen LogP) is 0.749. The van der Waals surface area contributed by atoms with Crippen molar-refractivity contribution in [1.82, 2.24) is 10.2 Å². The molecule has 0 saturated heterocycles. The Morgan fingerprint density at radius 1 is 1.29 bits per heavy atom. The number of nitrogens with one attached hydrogen (secondary N) is 2. The Morgan fingerprint density at radius 2 is 2.00 bits per heavy atom. The summed E-state index contributed by atoms with van der Waals surface area (Å²) in [5.74, 6) is -1.35. The Hall–Kier alpha value is -2.44. The molecule has 0 unspecified atom stereocenters. The van der Waals surface area contributed by atoms with Crippen LogP contribution >= 0.6 is 0 Å². The zero-order valence-electron chi connectivity index (χ0n) is 12.0. The normalized spacial score (nSPS) is 9.86. The van der Waals surface area contributed by atoms with Crippen molar-refractivity contribution < 1.29 is 18.8 Å². The number of benzene rings is 1. The number of rotatable bonds is 6. The first kappa shape index (κ1) is 16.6. The van der Waals surface area contributed by atoms with Gasteiger partial charge in [-0.05, 0) is 18.2 Å². The Bertz CT molecular complexity index is 534. The van der Waals surface area contributed by atoms with Crippen LogP contribution in [0.2, 0.25) is 0 Å². The van der Waals surface area contributed by atoms with Crippen molar-refractivity contribution in [2.75, 3.05) is 25.5 Å². The molecular weight excluding hydrogens is 277 g/mol. The highest BCUT2D eigenvalue weighted by Gasteiger charge is 2.13. The zero-order valence-corrected chi connectivity index (χ0v) is 12.0. The van der Waals surface area contributed by atoms with Gasteiger partial charge >= 0.3 is 0 Å². The lowest BCUT2D eigenvalue weighted by Gasteiger charge is -2.17. The number of amides is 3. The number of carbonyl (C=O) groups is 3. The summed E-state index contributed by atoms with van der Waals surface area (Å²) in [7, 11) is 1.49. The molecule has 0 aliphatic heterocycles. The molecule has 0 bridgehead atoms. The van der Waals surface area contributed by atoms with E-state index >= 15 is 0 Å². The number of likely N-dealkylation sites (N-methyl/N-ethyl adjacent to an activating group) is 1. The predicted molar refractivity (Wildman–Crippen MR) is 76.0 cm³/mol. The lowest BCUT2D eigenvalue weighted by Crippen LogP contribution is -2.36. The monoisotopic (exact) mass is 295 g/mol. The largest absolute Gasteiger partial charge is 0.356 e. The average molecular weight is 295 g/mol. The van der Waals surface area contributed by atoms with E-state index in [2.05, 4.69) is 10.6 Å². The first-order valence-corrected chi connectivity index (χ1v) is 6.42. The van der Waals surface area contributed by atoms with Gasteiger partial charge in [-0.2, -0.15) is 0 Å². The van der Waals surface area contributed by atoms with Crippen LogP contribution in [0, 0.1) is 5.82 Å². The van der Waals surface area contributed by atoms with Gasteiger partial charge in [0.05, 0.1) is 6.54 Å². The summed E-state index contributed by atoms with van der Waals surface area (Å²) in [5, 5.41) is 5.00. The van der Waals surface area contributed by atoms with Crippen molar-refractivity contribution in [2.45, 2.75) is 13.3 Å². The molecule has 0 aliphatic carbocycles. The molecule has 1 aromatic rings. The van der Waals surface area contributed by atoms with Gasteiger partial charge in [-0.15, -0.1) is 0 Å². The maximum atomic E-state index is 13.0. The maximum absolute atomic E-state index is 13.0. The quantitative estimate of drug-likeness (QED) is 0.813. The molecular formula is C14H18FN3O3. The van der Waals surface area contributed by atoms with E-state index < -0.39 is 11.7 Å². The van der Waals surface area contributed by atoms with Crippen molar-refractivity contribution in [2.24, 2.45) is 0 Å². The summed E-state index contributed by atoms with van der Waals surface area (Å²) < 4.78 is 13.0. The number of hydrogen-bond acceptors (Lipinski definition) is 3. The first-order chi connectivity index (χ1) is 9.88. The average Bonchev–Trinajstić information content (AvgIpc) is 2.37. The standard InChI is InChI=1S/C14H18FN3O3/c1-10(19)16-7-6-14(21)18(2)9-13(20)17-12-5-3-4-11(15)8-12/h3-5,8H,6-7,9H2,1-2H3,(H,16,19)(H,17,20). The highest BCUT2D eigenvalue weighted by Crippen LogP contribution is 2.08. The Balaban J connectivity index is 2.39. The van der Waals surface area contributed by atoms with Crippen molar-refractivity contribution >= 4 is 23.4 Å². The zero-order chi connectivity index (χ0) is 15.8. The summed E-state index contributed by atoms with van der Waals surface area (Å²) >= 11 is 0. The topological polar surface area (TPSA) is 78.5 Å². The van der Waals surface area contributed by atoms with Crippen LogP contribution in [0.3, 0.4) is 0 Å². The third-order valence-corrected chi connectivity index (χ3v) is 2.63. The van der Waals surface area contributed by atoms with Crippen molar-refractivity contribution in [1.29, 1.82) is 0 Å². The van der Waals surface area contributed by atoms with Gasteiger partial charge in [0.15, 0.2) is 0 Å². The second kappa shape index (κ2) is 7.98. The molecule has 0 saturated carbocycles. The summed E-state index contributed by atoms with van der Waals surface area (Å²) in [4.78, 5) is 35.3. The number of halogens is 1. The second-order valence-corrected chi connectivity index (χ2v) is 4.54. The minimum Gasteiger partial charge on any atom is -0.356 e. The summed E-state index contributed by atoms with van der Waals surface area (Å²) in [6, 6.07) is 5.50. The highest BCUT2D eigenvalue weighted by atomic mass is 19.1. The Morgan fingerprint density at radius 3 is 2.62 bits per heavy atom. The molecule has 0 fully saturated rings. The van der Waals surface area contributed by atoms with Gasteiger partial charge in [0.25, 0.3) is 0 Å². The van der Waals surface area contributed by atoms with Crippen LogP contribution < -0.4 is 10.6 Å². The van der Waals surface area contributed by atoms with E-state index in [1.807, 2.05) is 0 Å². The summed E-state index contributed by atoms with van der Waals surface area (Å²) in [5.41, 5.74) is 0.332.